The number of carbonyl (C=O) groups excluding carboxylic acids is 1. The quantitative estimate of drug-likeness (QED) is 0.387. The highest BCUT2D eigenvalue weighted by molar-refractivity contribution is 8.00. The van der Waals surface area contributed by atoms with E-state index in [2.05, 4.69) is 4.98 Å². The Kier molecular flexibility index (Phi) is 6.38. The fourth-order valence-corrected chi connectivity index (χ4v) is 6.55. The van der Waals surface area contributed by atoms with Crippen LogP contribution in [0, 0.1) is 18.6 Å². The number of ether oxygens (including phenoxy) is 1. The maximum Gasteiger partial charge on any atom is 0.254 e. The smallest absolute Gasteiger partial charge is 0.254 e. The first-order chi connectivity index (χ1) is 16.0. The summed E-state index contributed by atoms with van der Waals surface area (Å²) in [5, 5.41) is 2.04. The van der Waals surface area contributed by atoms with Gasteiger partial charge >= 0.3 is 0 Å². The zero-order valence-electron chi connectivity index (χ0n) is 18.2. The molecule has 33 heavy (non-hydrogen) atoms. The SMILES string of the molecule is Cc1csc(SCc2ccc(C(=O)N3C4CCC3CC(Oc3ccc(F)cc3F)C4)cc2)n1. The molecule has 4 nitrogen and oxygen atoms in total. The van der Waals surface area contributed by atoms with Gasteiger partial charge in [-0.25, -0.2) is 13.8 Å². The van der Waals surface area contributed by atoms with E-state index < -0.39 is 11.6 Å². The number of carbonyl (C=O) groups is 1. The number of amides is 1. The fourth-order valence-electron chi connectivity index (χ4n) is 4.74. The van der Waals surface area contributed by atoms with Gasteiger partial charge in [0.05, 0.1) is 0 Å². The van der Waals surface area contributed by atoms with Crippen LogP contribution in [-0.4, -0.2) is 34.0 Å². The molecule has 2 fully saturated rings. The molecule has 5 rings (SSSR count). The van der Waals surface area contributed by atoms with Crippen molar-refractivity contribution >= 4 is 29.0 Å². The number of nitrogens with zero attached hydrogens (tertiary/aromatic N) is 2. The van der Waals surface area contributed by atoms with Crippen LogP contribution < -0.4 is 4.74 Å². The van der Waals surface area contributed by atoms with Crippen molar-refractivity contribution in [2.45, 2.75) is 60.9 Å². The van der Waals surface area contributed by atoms with Crippen molar-refractivity contribution in [1.29, 1.82) is 0 Å². The number of thiazole rings is 1. The van der Waals surface area contributed by atoms with Gasteiger partial charge in [-0.3, -0.25) is 4.79 Å². The standard InChI is InChI=1S/C25H24F2N2O2S2/c1-15-13-32-25(28-15)33-14-16-2-4-17(5-3-16)24(30)29-19-7-8-20(29)12-21(11-19)31-23-9-6-18(26)10-22(23)27/h2-6,9-10,13,19-21H,7-8,11-12,14H2,1H3. The predicted molar refractivity (Wildman–Crippen MR) is 126 cm³/mol. The Bertz CT molecular complexity index is 1140. The van der Waals surface area contributed by atoms with Crippen molar-refractivity contribution in [3.05, 3.63) is 76.3 Å². The number of aryl methyl sites for hydroxylation is 1. The Labute approximate surface area is 200 Å². The third kappa shape index (κ3) is 4.92. The van der Waals surface area contributed by atoms with E-state index in [4.69, 9.17) is 4.74 Å². The van der Waals surface area contributed by atoms with Crippen molar-refractivity contribution in [2.24, 2.45) is 0 Å². The molecule has 2 aliphatic rings. The first kappa shape index (κ1) is 22.3. The summed E-state index contributed by atoms with van der Waals surface area (Å²) in [6.07, 6.45) is 2.97. The molecule has 0 spiro atoms. The summed E-state index contributed by atoms with van der Waals surface area (Å²) in [6, 6.07) is 11.4. The van der Waals surface area contributed by atoms with Crippen LogP contribution in [0.2, 0.25) is 0 Å². The molecule has 2 aliphatic heterocycles. The van der Waals surface area contributed by atoms with E-state index in [1.165, 1.54) is 12.1 Å². The van der Waals surface area contributed by atoms with Crippen LogP contribution in [0.5, 0.6) is 5.75 Å². The molecule has 0 N–H and O–H groups in total. The monoisotopic (exact) mass is 486 g/mol. The predicted octanol–water partition coefficient (Wildman–Crippen LogP) is 6.24. The highest BCUT2D eigenvalue weighted by Gasteiger charge is 2.44. The lowest BCUT2D eigenvalue weighted by Crippen LogP contribution is -2.49. The Balaban J connectivity index is 1.21. The van der Waals surface area contributed by atoms with Gasteiger partial charge in [0.1, 0.15) is 16.3 Å². The lowest BCUT2D eigenvalue weighted by atomic mass is 9.98. The van der Waals surface area contributed by atoms with Crippen LogP contribution in [0.15, 0.2) is 52.2 Å². The number of thioether (sulfide) groups is 1. The molecule has 1 amide bonds. The Morgan fingerprint density at radius 3 is 2.52 bits per heavy atom. The third-order valence-electron chi connectivity index (χ3n) is 6.27. The number of hydrogen-bond acceptors (Lipinski definition) is 5. The molecule has 8 heteroatoms. The molecule has 0 radical (unpaired) electrons. The lowest BCUT2D eigenvalue weighted by molar-refractivity contribution is 0.0349. The maximum absolute atomic E-state index is 14.0. The number of fused-ring (bicyclic) bond motifs is 2. The molecule has 0 saturated carbocycles. The summed E-state index contributed by atoms with van der Waals surface area (Å²) < 4.78 is 34.1. The Morgan fingerprint density at radius 2 is 1.88 bits per heavy atom. The summed E-state index contributed by atoms with van der Waals surface area (Å²) in [6.45, 7) is 1.99. The second kappa shape index (κ2) is 9.43. The minimum atomic E-state index is -0.691. The number of benzene rings is 2. The molecular weight excluding hydrogens is 462 g/mol. The van der Waals surface area contributed by atoms with E-state index in [1.807, 2.05) is 41.5 Å². The molecule has 2 bridgehead atoms. The summed E-state index contributed by atoms with van der Waals surface area (Å²) in [4.78, 5) is 19.7. The highest BCUT2D eigenvalue weighted by atomic mass is 32.2. The normalized spacial score (nSPS) is 21.9. The minimum absolute atomic E-state index is 0.0451. The van der Waals surface area contributed by atoms with Gasteiger partial charge in [-0.15, -0.1) is 11.3 Å². The van der Waals surface area contributed by atoms with Gasteiger partial charge in [0.25, 0.3) is 5.91 Å². The van der Waals surface area contributed by atoms with Gasteiger partial charge < -0.3 is 9.64 Å². The van der Waals surface area contributed by atoms with E-state index in [0.29, 0.717) is 18.4 Å². The van der Waals surface area contributed by atoms with E-state index in [1.54, 1.807) is 23.1 Å². The fraction of sp³-hybridized carbons (Fsp3) is 0.360. The number of aromatic nitrogens is 1. The van der Waals surface area contributed by atoms with E-state index in [9.17, 15) is 13.6 Å². The number of hydrogen-bond donors (Lipinski definition) is 0. The molecule has 2 saturated heterocycles. The highest BCUT2D eigenvalue weighted by Crippen LogP contribution is 2.38. The molecule has 2 aromatic carbocycles. The van der Waals surface area contributed by atoms with Gasteiger partial charge in [-0.2, -0.15) is 0 Å². The topological polar surface area (TPSA) is 42.4 Å². The first-order valence-corrected chi connectivity index (χ1v) is 12.9. The third-order valence-corrected chi connectivity index (χ3v) is 8.48. The second-order valence-corrected chi connectivity index (χ2v) is 10.7. The molecular formula is C25H24F2N2O2S2. The van der Waals surface area contributed by atoms with Crippen LogP contribution in [-0.2, 0) is 5.75 Å². The van der Waals surface area contributed by atoms with Crippen molar-refractivity contribution in [2.75, 3.05) is 0 Å². The molecule has 172 valence electrons. The zero-order chi connectivity index (χ0) is 22.9. The number of piperidine rings is 1. The van der Waals surface area contributed by atoms with Crippen LogP contribution in [0.25, 0.3) is 0 Å². The summed E-state index contributed by atoms with van der Waals surface area (Å²) in [7, 11) is 0. The maximum atomic E-state index is 14.0. The van der Waals surface area contributed by atoms with Crippen molar-refractivity contribution in [3.8, 4) is 5.75 Å². The second-order valence-electron chi connectivity index (χ2n) is 8.62. The summed E-state index contributed by atoms with van der Waals surface area (Å²) in [5.41, 5.74) is 2.88. The molecule has 2 atom stereocenters. The number of rotatable bonds is 6. The molecule has 2 unspecified atom stereocenters. The first-order valence-electron chi connectivity index (χ1n) is 11.0. The van der Waals surface area contributed by atoms with Crippen LogP contribution in [0.4, 0.5) is 8.78 Å². The van der Waals surface area contributed by atoms with Crippen molar-refractivity contribution in [3.63, 3.8) is 0 Å². The van der Waals surface area contributed by atoms with Crippen LogP contribution >= 0.6 is 23.1 Å². The molecule has 3 aromatic rings. The van der Waals surface area contributed by atoms with Crippen LogP contribution in [0.3, 0.4) is 0 Å². The van der Waals surface area contributed by atoms with Gasteiger partial charge in [0, 0.05) is 53.4 Å². The summed E-state index contributed by atoms with van der Waals surface area (Å²) >= 11 is 3.35. The van der Waals surface area contributed by atoms with Gasteiger partial charge in [-0.1, -0.05) is 23.9 Å². The van der Waals surface area contributed by atoms with E-state index in [-0.39, 0.29) is 29.8 Å². The van der Waals surface area contributed by atoms with E-state index >= 15 is 0 Å². The summed E-state index contributed by atoms with van der Waals surface area (Å²) in [5.74, 6) is -0.382. The Morgan fingerprint density at radius 1 is 1.15 bits per heavy atom. The largest absolute Gasteiger partial charge is 0.487 e. The van der Waals surface area contributed by atoms with E-state index in [0.717, 1.165) is 40.3 Å². The van der Waals surface area contributed by atoms with Gasteiger partial charge in [0.2, 0.25) is 0 Å². The average Bonchev–Trinajstić information content (AvgIpc) is 3.34. The van der Waals surface area contributed by atoms with Gasteiger partial charge in [0.15, 0.2) is 11.6 Å². The minimum Gasteiger partial charge on any atom is -0.487 e. The zero-order valence-corrected chi connectivity index (χ0v) is 19.8. The molecule has 3 heterocycles. The average molecular weight is 487 g/mol. The van der Waals surface area contributed by atoms with Gasteiger partial charge in [-0.05, 0) is 49.6 Å². The van der Waals surface area contributed by atoms with Crippen LogP contribution in [0.1, 0.15) is 47.3 Å². The number of halogens is 2. The molecule has 1 aromatic heterocycles. The Hall–Kier alpha value is -2.45. The van der Waals surface area contributed by atoms with Crippen molar-refractivity contribution in [1.82, 2.24) is 9.88 Å². The molecule has 0 aliphatic carbocycles. The lowest BCUT2D eigenvalue weighted by Gasteiger charge is -2.39. The van der Waals surface area contributed by atoms with Crippen molar-refractivity contribution < 1.29 is 18.3 Å².